The minimum Gasteiger partial charge on any atom is -0.496 e. The molecule has 2 aromatic carbocycles. The van der Waals surface area contributed by atoms with Crippen molar-refractivity contribution in [2.45, 2.75) is 6.04 Å². The molecule has 1 aliphatic heterocycles. The Balaban J connectivity index is 1.75. The molecule has 1 saturated heterocycles. The van der Waals surface area contributed by atoms with E-state index in [1.165, 1.54) is 7.11 Å². The Hall–Kier alpha value is -2.57. The van der Waals surface area contributed by atoms with Gasteiger partial charge in [0.15, 0.2) is 0 Å². The van der Waals surface area contributed by atoms with Gasteiger partial charge in [0.25, 0.3) is 5.91 Å². The molecule has 0 aliphatic carbocycles. The minimum atomic E-state index is -0.595. The number of amides is 1. The number of carbonyl (C=O) groups excluding carboxylic acids is 2. The number of nitrogens with zero attached hydrogens (tertiary/aromatic N) is 2. The molecule has 0 N–H and O–H groups in total. The molecule has 28 heavy (non-hydrogen) atoms. The predicted molar refractivity (Wildman–Crippen MR) is 107 cm³/mol. The number of rotatable bonds is 5. The Morgan fingerprint density at radius 3 is 2.25 bits per heavy atom. The van der Waals surface area contributed by atoms with Gasteiger partial charge in [-0.2, -0.15) is 0 Å². The standard InChI is InChI=1S/C21H23ClN2O4/c1-27-18-10-6-4-8-16(18)20(25)24-13-11-23(12-14-24)19(21(26)28-2)15-7-3-5-9-17(15)22/h3-10,19H,11-14H2,1-2H3/t19-/m1/s1. The fraction of sp³-hybridized carbons (Fsp3) is 0.333. The van der Waals surface area contributed by atoms with Crippen LogP contribution in [0.1, 0.15) is 22.0 Å². The van der Waals surface area contributed by atoms with Crippen LogP contribution in [-0.4, -0.2) is 62.1 Å². The first-order chi connectivity index (χ1) is 13.6. The second-order valence-electron chi connectivity index (χ2n) is 6.48. The van der Waals surface area contributed by atoms with Crippen molar-refractivity contribution in [2.24, 2.45) is 0 Å². The molecular weight excluding hydrogens is 380 g/mol. The van der Waals surface area contributed by atoms with Gasteiger partial charge in [-0.1, -0.05) is 41.9 Å². The molecule has 1 aliphatic rings. The van der Waals surface area contributed by atoms with Gasteiger partial charge in [0.2, 0.25) is 0 Å². The zero-order valence-electron chi connectivity index (χ0n) is 15.9. The summed E-state index contributed by atoms with van der Waals surface area (Å²) in [4.78, 5) is 29.1. The van der Waals surface area contributed by atoms with E-state index >= 15 is 0 Å². The molecule has 0 unspecified atom stereocenters. The highest BCUT2D eigenvalue weighted by Gasteiger charge is 2.34. The molecule has 2 aromatic rings. The first-order valence-electron chi connectivity index (χ1n) is 9.05. The minimum absolute atomic E-state index is 0.0792. The molecule has 1 amide bonds. The molecule has 0 radical (unpaired) electrons. The number of hydrogen-bond donors (Lipinski definition) is 0. The van der Waals surface area contributed by atoms with E-state index in [9.17, 15) is 9.59 Å². The van der Waals surface area contributed by atoms with Crippen molar-refractivity contribution in [3.8, 4) is 5.75 Å². The van der Waals surface area contributed by atoms with Crippen molar-refractivity contribution in [3.63, 3.8) is 0 Å². The van der Waals surface area contributed by atoms with Crippen molar-refractivity contribution in [3.05, 3.63) is 64.7 Å². The van der Waals surface area contributed by atoms with E-state index < -0.39 is 6.04 Å². The third-order valence-corrected chi connectivity index (χ3v) is 5.27. The van der Waals surface area contributed by atoms with Crippen molar-refractivity contribution < 1.29 is 19.1 Å². The van der Waals surface area contributed by atoms with E-state index in [0.717, 1.165) is 0 Å². The molecule has 1 fully saturated rings. The van der Waals surface area contributed by atoms with Crippen LogP contribution in [0.3, 0.4) is 0 Å². The molecule has 1 atom stereocenters. The predicted octanol–water partition coefficient (Wildman–Crippen LogP) is 3.02. The summed E-state index contributed by atoms with van der Waals surface area (Å²) >= 11 is 6.32. The van der Waals surface area contributed by atoms with Gasteiger partial charge in [0.05, 0.1) is 19.8 Å². The van der Waals surface area contributed by atoms with Crippen molar-refractivity contribution >= 4 is 23.5 Å². The lowest BCUT2D eigenvalue weighted by Gasteiger charge is -2.38. The number of hydrogen-bond acceptors (Lipinski definition) is 5. The van der Waals surface area contributed by atoms with Gasteiger partial charge in [-0.05, 0) is 23.8 Å². The Morgan fingerprint density at radius 2 is 1.61 bits per heavy atom. The van der Waals surface area contributed by atoms with Crippen molar-refractivity contribution in [1.29, 1.82) is 0 Å². The quantitative estimate of drug-likeness (QED) is 0.719. The molecule has 0 spiro atoms. The van der Waals surface area contributed by atoms with Gasteiger partial charge >= 0.3 is 5.97 Å². The van der Waals surface area contributed by atoms with Gasteiger partial charge in [0, 0.05) is 31.2 Å². The summed E-state index contributed by atoms with van der Waals surface area (Å²) in [5.74, 6) is 0.112. The second kappa shape index (κ2) is 9.08. The van der Waals surface area contributed by atoms with Gasteiger partial charge in [0.1, 0.15) is 11.8 Å². The highest BCUT2D eigenvalue weighted by molar-refractivity contribution is 6.31. The molecule has 7 heteroatoms. The first kappa shape index (κ1) is 20.2. The van der Waals surface area contributed by atoms with E-state index in [0.29, 0.717) is 48.1 Å². The van der Waals surface area contributed by atoms with Gasteiger partial charge in [-0.15, -0.1) is 0 Å². The lowest BCUT2D eigenvalue weighted by Crippen LogP contribution is -2.51. The first-order valence-corrected chi connectivity index (χ1v) is 9.43. The molecule has 1 heterocycles. The van der Waals surface area contributed by atoms with Crippen molar-refractivity contribution in [2.75, 3.05) is 40.4 Å². The number of ether oxygens (including phenoxy) is 2. The van der Waals surface area contributed by atoms with Crippen LogP contribution < -0.4 is 4.74 Å². The number of carbonyl (C=O) groups is 2. The Bertz CT molecular complexity index is 850. The van der Waals surface area contributed by atoms with Crippen LogP contribution in [0, 0.1) is 0 Å². The smallest absolute Gasteiger partial charge is 0.327 e. The van der Waals surface area contributed by atoms with E-state index in [-0.39, 0.29) is 11.9 Å². The summed E-state index contributed by atoms with van der Waals surface area (Å²) in [6.07, 6.45) is 0. The van der Waals surface area contributed by atoms with E-state index in [1.54, 1.807) is 30.2 Å². The summed E-state index contributed by atoms with van der Waals surface area (Å²) in [7, 11) is 2.92. The van der Waals surface area contributed by atoms with Gasteiger partial charge < -0.3 is 14.4 Å². The maximum absolute atomic E-state index is 12.9. The van der Waals surface area contributed by atoms with E-state index in [2.05, 4.69) is 0 Å². The van der Waals surface area contributed by atoms with Crippen LogP contribution in [0.15, 0.2) is 48.5 Å². The summed E-state index contributed by atoms with van der Waals surface area (Å²) in [5, 5.41) is 0.519. The molecule has 0 bridgehead atoms. The zero-order valence-corrected chi connectivity index (χ0v) is 16.7. The molecule has 0 saturated carbocycles. The Kier molecular flexibility index (Phi) is 6.54. The van der Waals surface area contributed by atoms with Crippen LogP contribution in [0.25, 0.3) is 0 Å². The lowest BCUT2D eigenvalue weighted by molar-refractivity contribution is -0.148. The third kappa shape index (κ3) is 4.13. The van der Waals surface area contributed by atoms with Crippen LogP contribution in [0.5, 0.6) is 5.75 Å². The van der Waals surface area contributed by atoms with Crippen LogP contribution in [0.4, 0.5) is 0 Å². The highest BCUT2D eigenvalue weighted by atomic mass is 35.5. The maximum Gasteiger partial charge on any atom is 0.327 e. The number of halogens is 1. The summed E-state index contributed by atoms with van der Waals surface area (Å²) in [6.45, 7) is 2.06. The van der Waals surface area contributed by atoms with Crippen LogP contribution in [0.2, 0.25) is 5.02 Å². The number of para-hydroxylation sites is 1. The van der Waals surface area contributed by atoms with Crippen molar-refractivity contribution in [1.82, 2.24) is 9.80 Å². The number of esters is 1. The normalized spacial score (nSPS) is 15.8. The number of methoxy groups -OCH3 is 2. The Morgan fingerprint density at radius 1 is 0.964 bits per heavy atom. The summed E-state index contributed by atoms with van der Waals surface area (Å²) < 4.78 is 10.3. The SMILES string of the molecule is COC(=O)[C@@H](c1ccccc1Cl)N1CCN(C(=O)c2ccccc2OC)CC1. The maximum atomic E-state index is 12.9. The molecule has 6 nitrogen and oxygen atoms in total. The molecule has 148 valence electrons. The average Bonchev–Trinajstić information content (AvgIpc) is 2.75. The molecule has 3 rings (SSSR count). The fourth-order valence-corrected chi connectivity index (χ4v) is 3.70. The zero-order chi connectivity index (χ0) is 20.1. The average molecular weight is 403 g/mol. The summed E-state index contributed by atoms with van der Waals surface area (Å²) in [5.41, 5.74) is 1.24. The monoisotopic (exact) mass is 402 g/mol. The largest absolute Gasteiger partial charge is 0.496 e. The number of piperazine rings is 1. The number of benzene rings is 2. The third-order valence-electron chi connectivity index (χ3n) is 4.93. The van der Waals surface area contributed by atoms with Crippen LogP contribution >= 0.6 is 11.6 Å². The molecule has 0 aromatic heterocycles. The van der Waals surface area contributed by atoms with Gasteiger partial charge in [-0.25, -0.2) is 4.79 Å². The second-order valence-corrected chi connectivity index (χ2v) is 6.88. The Labute approximate surface area is 169 Å². The van der Waals surface area contributed by atoms with E-state index in [1.807, 2.05) is 35.2 Å². The van der Waals surface area contributed by atoms with Crippen LogP contribution in [-0.2, 0) is 9.53 Å². The lowest BCUT2D eigenvalue weighted by atomic mass is 10.0. The fourth-order valence-electron chi connectivity index (χ4n) is 3.46. The van der Waals surface area contributed by atoms with E-state index in [4.69, 9.17) is 21.1 Å². The van der Waals surface area contributed by atoms with Gasteiger partial charge in [-0.3, -0.25) is 9.69 Å². The topological polar surface area (TPSA) is 59.1 Å². The highest BCUT2D eigenvalue weighted by Crippen LogP contribution is 2.30. The molecular formula is C21H23ClN2O4. The summed E-state index contributed by atoms with van der Waals surface area (Å²) in [6, 6.07) is 13.8.